The Labute approximate surface area is 106 Å². The highest BCUT2D eigenvalue weighted by atomic mass is 16.2. The lowest BCUT2D eigenvalue weighted by molar-refractivity contribution is -0.126. The predicted molar refractivity (Wildman–Crippen MR) is 70.6 cm³/mol. The van der Waals surface area contributed by atoms with Gasteiger partial charge in [-0.15, -0.1) is 0 Å². The van der Waals surface area contributed by atoms with Crippen LogP contribution < -0.4 is 10.6 Å². The van der Waals surface area contributed by atoms with Crippen molar-refractivity contribution >= 4 is 23.2 Å². The average Bonchev–Trinajstić information content (AvgIpc) is 2.35. The number of aryl methyl sites for hydroxylation is 1. The van der Waals surface area contributed by atoms with E-state index >= 15 is 0 Å². The van der Waals surface area contributed by atoms with Gasteiger partial charge >= 0.3 is 0 Å². The standard InChI is InChI=1S/C13H17N3O2/c1-16(2)13(18)8-14-10-4-5-11-9(7-10)3-6-12(17)15-11/h4-5,7,14H,3,6,8H2,1-2H3,(H,15,17). The van der Waals surface area contributed by atoms with Crippen molar-refractivity contribution < 1.29 is 9.59 Å². The Morgan fingerprint density at radius 2 is 2.17 bits per heavy atom. The lowest BCUT2D eigenvalue weighted by atomic mass is 10.0. The van der Waals surface area contributed by atoms with E-state index < -0.39 is 0 Å². The number of fused-ring (bicyclic) bond motifs is 1. The van der Waals surface area contributed by atoms with E-state index in [4.69, 9.17) is 0 Å². The highest BCUT2D eigenvalue weighted by Gasteiger charge is 2.14. The van der Waals surface area contributed by atoms with E-state index in [9.17, 15) is 9.59 Å². The summed E-state index contributed by atoms with van der Waals surface area (Å²) in [4.78, 5) is 24.2. The number of rotatable bonds is 3. The molecule has 0 radical (unpaired) electrons. The van der Waals surface area contributed by atoms with Crippen LogP contribution in [-0.2, 0) is 16.0 Å². The lowest BCUT2D eigenvalue weighted by Crippen LogP contribution is -2.28. The third-order valence-electron chi connectivity index (χ3n) is 2.94. The smallest absolute Gasteiger partial charge is 0.241 e. The summed E-state index contributed by atoms with van der Waals surface area (Å²) >= 11 is 0. The normalized spacial score (nSPS) is 13.6. The Kier molecular flexibility index (Phi) is 3.50. The Morgan fingerprint density at radius 1 is 1.39 bits per heavy atom. The van der Waals surface area contributed by atoms with Crippen molar-refractivity contribution in [1.82, 2.24) is 4.90 Å². The second-order valence-electron chi connectivity index (χ2n) is 4.56. The van der Waals surface area contributed by atoms with Gasteiger partial charge in [0.25, 0.3) is 0 Å². The van der Waals surface area contributed by atoms with Crippen LogP contribution in [0.4, 0.5) is 11.4 Å². The minimum Gasteiger partial charge on any atom is -0.376 e. The first kappa shape index (κ1) is 12.4. The molecule has 2 rings (SSSR count). The SMILES string of the molecule is CN(C)C(=O)CNc1ccc2c(c1)CCC(=O)N2. The van der Waals surface area contributed by atoms with E-state index in [1.54, 1.807) is 19.0 Å². The number of benzene rings is 1. The largest absolute Gasteiger partial charge is 0.376 e. The zero-order valence-electron chi connectivity index (χ0n) is 10.6. The fourth-order valence-corrected chi connectivity index (χ4v) is 1.83. The molecule has 0 spiro atoms. The van der Waals surface area contributed by atoms with Crippen LogP contribution in [0.15, 0.2) is 18.2 Å². The van der Waals surface area contributed by atoms with Gasteiger partial charge in [0, 0.05) is 31.9 Å². The van der Waals surface area contributed by atoms with Gasteiger partial charge in [0.1, 0.15) is 0 Å². The topological polar surface area (TPSA) is 61.4 Å². The molecule has 2 amide bonds. The Hall–Kier alpha value is -2.04. The molecule has 18 heavy (non-hydrogen) atoms. The maximum Gasteiger partial charge on any atom is 0.241 e. The van der Waals surface area contributed by atoms with Gasteiger partial charge in [0.05, 0.1) is 6.54 Å². The number of anilines is 2. The fourth-order valence-electron chi connectivity index (χ4n) is 1.83. The minimum atomic E-state index is 0.0287. The zero-order valence-corrected chi connectivity index (χ0v) is 10.6. The van der Waals surface area contributed by atoms with Gasteiger partial charge in [0.2, 0.25) is 11.8 Å². The Balaban J connectivity index is 2.03. The van der Waals surface area contributed by atoms with Crippen molar-refractivity contribution in [3.63, 3.8) is 0 Å². The van der Waals surface area contributed by atoms with Crippen LogP contribution in [0.2, 0.25) is 0 Å². The molecule has 96 valence electrons. The summed E-state index contributed by atoms with van der Waals surface area (Å²) < 4.78 is 0. The summed E-state index contributed by atoms with van der Waals surface area (Å²) in [6.45, 7) is 0.276. The third-order valence-corrected chi connectivity index (χ3v) is 2.94. The van der Waals surface area contributed by atoms with Crippen LogP contribution in [0.25, 0.3) is 0 Å². The second-order valence-corrected chi connectivity index (χ2v) is 4.56. The molecule has 1 aliphatic rings. The van der Waals surface area contributed by atoms with Crippen molar-refractivity contribution in [2.45, 2.75) is 12.8 Å². The van der Waals surface area contributed by atoms with E-state index in [1.165, 1.54) is 0 Å². The first-order valence-electron chi connectivity index (χ1n) is 5.93. The van der Waals surface area contributed by atoms with Gasteiger partial charge in [-0.2, -0.15) is 0 Å². The van der Waals surface area contributed by atoms with Gasteiger partial charge in [0.15, 0.2) is 0 Å². The number of carbonyl (C=O) groups is 2. The summed E-state index contributed by atoms with van der Waals surface area (Å²) in [5, 5.41) is 5.91. The van der Waals surface area contributed by atoms with Crippen LogP contribution in [0, 0.1) is 0 Å². The number of likely N-dealkylation sites (N-methyl/N-ethyl adjacent to an activating group) is 1. The average molecular weight is 247 g/mol. The number of amides is 2. The molecular weight excluding hydrogens is 230 g/mol. The van der Waals surface area contributed by atoms with E-state index in [0.29, 0.717) is 6.42 Å². The van der Waals surface area contributed by atoms with Crippen LogP contribution in [0.5, 0.6) is 0 Å². The Morgan fingerprint density at radius 3 is 2.89 bits per heavy atom. The van der Waals surface area contributed by atoms with Gasteiger partial charge in [-0.25, -0.2) is 0 Å². The molecule has 0 bridgehead atoms. The van der Waals surface area contributed by atoms with Gasteiger partial charge in [-0.3, -0.25) is 9.59 Å². The number of hydrogen-bond acceptors (Lipinski definition) is 3. The molecule has 1 aromatic carbocycles. The maximum absolute atomic E-state index is 11.5. The summed E-state index contributed by atoms with van der Waals surface area (Å²) in [6.07, 6.45) is 1.27. The summed E-state index contributed by atoms with van der Waals surface area (Å²) in [7, 11) is 3.46. The molecule has 0 aliphatic carbocycles. The third kappa shape index (κ3) is 2.80. The van der Waals surface area contributed by atoms with Gasteiger partial charge in [-0.05, 0) is 30.2 Å². The minimum absolute atomic E-state index is 0.0287. The molecule has 1 aromatic rings. The van der Waals surface area contributed by atoms with Gasteiger partial charge in [-0.1, -0.05) is 0 Å². The highest BCUT2D eigenvalue weighted by molar-refractivity contribution is 5.94. The molecule has 0 saturated heterocycles. The van der Waals surface area contributed by atoms with Crippen molar-refractivity contribution in [3.05, 3.63) is 23.8 Å². The zero-order chi connectivity index (χ0) is 13.1. The number of nitrogens with one attached hydrogen (secondary N) is 2. The fraction of sp³-hybridized carbons (Fsp3) is 0.385. The van der Waals surface area contributed by atoms with Crippen LogP contribution in [0.3, 0.4) is 0 Å². The molecule has 0 atom stereocenters. The number of carbonyl (C=O) groups excluding carboxylic acids is 2. The molecule has 0 fully saturated rings. The van der Waals surface area contributed by atoms with E-state index in [0.717, 1.165) is 23.4 Å². The highest BCUT2D eigenvalue weighted by Crippen LogP contribution is 2.25. The first-order chi connectivity index (χ1) is 8.56. The predicted octanol–water partition coefficient (Wildman–Crippen LogP) is 1.07. The van der Waals surface area contributed by atoms with Crippen molar-refractivity contribution in [2.24, 2.45) is 0 Å². The number of nitrogens with zero attached hydrogens (tertiary/aromatic N) is 1. The summed E-state index contributed by atoms with van der Waals surface area (Å²) in [5.74, 6) is 0.0898. The number of hydrogen-bond donors (Lipinski definition) is 2. The summed E-state index contributed by atoms with van der Waals surface area (Å²) in [6, 6.07) is 5.72. The molecule has 2 N–H and O–H groups in total. The molecule has 0 saturated carbocycles. The quantitative estimate of drug-likeness (QED) is 0.840. The summed E-state index contributed by atoms with van der Waals surface area (Å²) in [5.41, 5.74) is 2.88. The molecule has 0 aromatic heterocycles. The van der Waals surface area contributed by atoms with Crippen LogP contribution in [0.1, 0.15) is 12.0 Å². The van der Waals surface area contributed by atoms with E-state index in [-0.39, 0.29) is 18.4 Å². The van der Waals surface area contributed by atoms with Crippen molar-refractivity contribution in [3.8, 4) is 0 Å². The molecule has 0 unspecified atom stereocenters. The lowest BCUT2D eigenvalue weighted by Gasteiger charge is -2.18. The van der Waals surface area contributed by atoms with Gasteiger partial charge < -0.3 is 15.5 Å². The first-order valence-corrected chi connectivity index (χ1v) is 5.93. The van der Waals surface area contributed by atoms with E-state index in [2.05, 4.69) is 10.6 Å². The van der Waals surface area contributed by atoms with E-state index in [1.807, 2.05) is 18.2 Å². The van der Waals surface area contributed by atoms with Crippen LogP contribution >= 0.6 is 0 Å². The molecular formula is C13H17N3O2. The van der Waals surface area contributed by atoms with Crippen LogP contribution in [-0.4, -0.2) is 37.4 Å². The molecule has 1 aliphatic heterocycles. The molecule has 5 nitrogen and oxygen atoms in total. The molecule has 5 heteroatoms. The Bertz CT molecular complexity index is 483. The molecule has 1 heterocycles. The second kappa shape index (κ2) is 5.08. The monoisotopic (exact) mass is 247 g/mol. The van der Waals surface area contributed by atoms with Crippen molar-refractivity contribution in [2.75, 3.05) is 31.3 Å². The van der Waals surface area contributed by atoms with Crippen molar-refractivity contribution in [1.29, 1.82) is 0 Å². The maximum atomic E-state index is 11.5.